The second-order valence-corrected chi connectivity index (χ2v) is 11.6. The molecule has 43 heavy (non-hydrogen) atoms. The number of rotatable bonds is 8. The van der Waals surface area contributed by atoms with Crippen LogP contribution in [-0.4, -0.2) is 81.9 Å². The van der Waals surface area contributed by atoms with Crippen LogP contribution in [0, 0.1) is 6.92 Å². The molecular formula is C32H36F2N6O3. The van der Waals surface area contributed by atoms with Crippen molar-refractivity contribution in [2.75, 3.05) is 39.8 Å². The molecule has 3 aromatic heterocycles. The Labute approximate surface area is 249 Å². The highest BCUT2D eigenvalue weighted by Crippen LogP contribution is 2.33. The number of ether oxygens (including phenoxy) is 2. The van der Waals surface area contributed by atoms with Crippen LogP contribution in [-0.2, 0) is 24.3 Å². The summed E-state index contributed by atoms with van der Waals surface area (Å²) in [6.45, 7) is 6.09. The topological polar surface area (TPSA) is 86.8 Å². The van der Waals surface area contributed by atoms with Gasteiger partial charge in [-0.1, -0.05) is 19.1 Å². The monoisotopic (exact) mass is 590 g/mol. The number of H-pyrrole nitrogens is 1. The minimum atomic E-state index is -2.94. The third kappa shape index (κ3) is 6.62. The fourth-order valence-corrected chi connectivity index (χ4v) is 5.93. The summed E-state index contributed by atoms with van der Waals surface area (Å²) in [5, 5.41) is 0.882. The van der Waals surface area contributed by atoms with Crippen molar-refractivity contribution >= 4 is 16.9 Å². The molecule has 2 aliphatic heterocycles. The molecule has 1 saturated heterocycles. The van der Waals surface area contributed by atoms with Gasteiger partial charge in [0.15, 0.2) is 0 Å². The van der Waals surface area contributed by atoms with E-state index in [2.05, 4.69) is 31.8 Å². The number of nitrogens with zero attached hydrogens (tertiary/aromatic N) is 5. The van der Waals surface area contributed by atoms with Gasteiger partial charge in [-0.3, -0.25) is 14.7 Å². The zero-order valence-electron chi connectivity index (χ0n) is 24.6. The highest BCUT2D eigenvalue weighted by molar-refractivity contribution is 5.83. The van der Waals surface area contributed by atoms with Crippen LogP contribution in [0.3, 0.4) is 0 Å². The van der Waals surface area contributed by atoms with E-state index in [1.807, 2.05) is 44.2 Å². The fourth-order valence-electron chi connectivity index (χ4n) is 5.93. The summed E-state index contributed by atoms with van der Waals surface area (Å²) in [6.07, 6.45) is 3.49. The number of alkyl halides is 2. The van der Waals surface area contributed by atoms with E-state index in [9.17, 15) is 13.6 Å². The standard InChI is InChI=1S/C32H36F2N6O3/c1-20-17-40(19-24-15-25(16-36-30(20)24)42-27-6-7-35-31-26(27)12-21(2)37-31)29(41)14-22-4-5-23(28(13-22)43-32(33)34)18-39-10-8-38(3)9-11-39/h4-7,12-13,15-16,20,32H,8-11,14,17-19H2,1-3H3,(H,35,37)/t20-/m1/s1. The van der Waals surface area contributed by atoms with Crippen molar-refractivity contribution in [3.63, 3.8) is 0 Å². The number of pyridine rings is 2. The van der Waals surface area contributed by atoms with E-state index in [4.69, 9.17) is 9.47 Å². The number of likely N-dealkylation sites (N-methyl/N-ethyl adjacent to an activating group) is 1. The third-order valence-electron chi connectivity index (χ3n) is 8.20. The molecule has 226 valence electrons. The minimum absolute atomic E-state index is 0.0328. The van der Waals surface area contributed by atoms with Crippen LogP contribution in [0.25, 0.3) is 11.0 Å². The number of hydrogen-bond donors (Lipinski definition) is 1. The number of aryl methyl sites for hydroxylation is 1. The molecule has 6 rings (SSSR count). The number of fused-ring (bicyclic) bond motifs is 2. The lowest BCUT2D eigenvalue weighted by Crippen LogP contribution is -2.43. The first-order valence-corrected chi connectivity index (χ1v) is 14.6. The smallest absolute Gasteiger partial charge is 0.387 e. The number of halogens is 2. The van der Waals surface area contributed by atoms with E-state index < -0.39 is 6.61 Å². The number of aromatic nitrogens is 3. The predicted molar refractivity (Wildman–Crippen MR) is 159 cm³/mol. The first-order valence-electron chi connectivity index (χ1n) is 14.6. The van der Waals surface area contributed by atoms with E-state index in [1.54, 1.807) is 23.4 Å². The summed E-state index contributed by atoms with van der Waals surface area (Å²) in [5.41, 5.74) is 4.93. The second kappa shape index (κ2) is 12.3. The van der Waals surface area contributed by atoms with E-state index in [0.29, 0.717) is 42.3 Å². The van der Waals surface area contributed by atoms with Crippen LogP contribution >= 0.6 is 0 Å². The Bertz CT molecular complexity index is 1620. The van der Waals surface area contributed by atoms with Crippen molar-refractivity contribution in [1.29, 1.82) is 0 Å². The first-order chi connectivity index (χ1) is 20.7. The maximum Gasteiger partial charge on any atom is 0.387 e. The fraction of sp³-hybridized carbons (Fsp3) is 0.406. The Kier molecular flexibility index (Phi) is 8.27. The van der Waals surface area contributed by atoms with Crippen molar-refractivity contribution in [1.82, 2.24) is 29.7 Å². The van der Waals surface area contributed by atoms with Gasteiger partial charge in [0.2, 0.25) is 5.91 Å². The van der Waals surface area contributed by atoms with Crippen molar-refractivity contribution in [3.8, 4) is 17.2 Å². The molecule has 0 unspecified atom stereocenters. The maximum atomic E-state index is 13.5. The number of carbonyl (C=O) groups is 1. The Balaban J connectivity index is 1.16. The van der Waals surface area contributed by atoms with Crippen molar-refractivity contribution in [2.45, 2.75) is 45.9 Å². The van der Waals surface area contributed by atoms with Crippen molar-refractivity contribution in [3.05, 3.63) is 76.9 Å². The summed E-state index contributed by atoms with van der Waals surface area (Å²) >= 11 is 0. The van der Waals surface area contributed by atoms with E-state index in [1.165, 1.54) is 0 Å². The van der Waals surface area contributed by atoms with Crippen LogP contribution in [0.15, 0.2) is 48.8 Å². The van der Waals surface area contributed by atoms with Gasteiger partial charge >= 0.3 is 6.61 Å². The van der Waals surface area contributed by atoms with Crippen LogP contribution in [0.5, 0.6) is 17.2 Å². The summed E-state index contributed by atoms with van der Waals surface area (Å²) in [5.74, 6) is 1.33. The minimum Gasteiger partial charge on any atom is -0.455 e. The van der Waals surface area contributed by atoms with E-state index >= 15 is 0 Å². The molecule has 0 spiro atoms. The second-order valence-electron chi connectivity index (χ2n) is 11.6. The van der Waals surface area contributed by atoms with Gasteiger partial charge in [-0.25, -0.2) is 4.98 Å². The molecule has 4 aromatic rings. The number of benzene rings is 1. The number of piperazine rings is 1. The third-order valence-corrected chi connectivity index (χ3v) is 8.20. The molecule has 1 N–H and O–H groups in total. The number of aromatic amines is 1. The average Bonchev–Trinajstić information content (AvgIpc) is 3.36. The summed E-state index contributed by atoms with van der Waals surface area (Å²) in [7, 11) is 2.07. The van der Waals surface area contributed by atoms with Gasteiger partial charge in [-0.15, -0.1) is 0 Å². The van der Waals surface area contributed by atoms with Gasteiger partial charge < -0.3 is 24.3 Å². The molecule has 1 atom stereocenters. The molecule has 1 amide bonds. The summed E-state index contributed by atoms with van der Waals surface area (Å²) in [6, 6.07) is 11.0. The van der Waals surface area contributed by atoms with Crippen LogP contribution in [0.2, 0.25) is 0 Å². The van der Waals surface area contributed by atoms with E-state index in [-0.39, 0.29) is 24.0 Å². The summed E-state index contributed by atoms with van der Waals surface area (Å²) < 4.78 is 37.7. The Morgan fingerprint density at radius 3 is 2.70 bits per heavy atom. The Hall–Kier alpha value is -4.09. The molecule has 5 heterocycles. The zero-order chi connectivity index (χ0) is 30.1. The molecule has 0 aliphatic carbocycles. The molecule has 9 nitrogen and oxygen atoms in total. The lowest BCUT2D eigenvalue weighted by Gasteiger charge is -2.33. The molecule has 0 radical (unpaired) electrons. The average molecular weight is 591 g/mol. The Morgan fingerprint density at radius 2 is 1.91 bits per heavy atom. The number of carbonyl (C=O) groups excluding carboxylic acids is 1. The number of nitrogens with one attached hydrogen (secondary N) is 1. The van der Waals surface area contributed by atoms with Crippen LogP contribution < -0.4 is 9.47 Å². The maximum absolute atomic E-state index is 13.5. The molecule has 1 fully saturated rings. The highest BCUT2D eigenvalue weighted by atomic mass is 19.3. The molecule has 0 saturated carbocycles. The van der Waals surface area contributed by atoms with Gasteiger partial charge in [-0.05, 0) is 49.4 Å². The van der Waals surface area contributed by atoms with E-state index in [0.717, 1.165) is 54.2 Å². The van der Waals surface area contributed by atoms with Crippen molar-refractivity contribution in [2.24, 2.45) is 0 Å². The first kappa shape index (κ1) is 29.0. The van der Waals surface area contributed by atoms with Gasteiger partial charge in [0.1, 0.15) is 22.9 Å². The van der Waals surface area contributed by atoms with Gasteiger partial charge in [0, 0.05) is 69.2 Å². The molecular weight excluding hydrogens is 554 g/mol. The molecule has 1 aromatic carbocycles. The number of hydrogen-bond acceptors (Lipinski definition) is 7. The van der Waals surface area contributed by atoms with Gasteiger partial charge in [0.05, 0.1) is 23.7 Å². The SMILES string of the molecule is Cc1cc2c(Oc3cnc4c(c3)CN(C(=O)Cc3ccc(CN5CCN(C)CC5)c(OC(F)F)c3)C[C@H]4C)ccnc2[nH]1. The molecule has 2 aliphatic rings. The van der Waals surface area contributed by atoms with Gasteiger partial charge in [-0.2, -0.15) is 8.78 Å². The largest absolute Gasteiger partial charge is 0.455 e. The van der Waals surface area contributed by atoms with Crippen LogP contribution in [0.4, 0.5) is 8.78 Å². The quantitative estimate of drug-likeness (QED) is 0.306. The highest BCUT2D eigenvalue weighted by Gasteiger charge is 2.28. The molecule has 0 bridgehead atoms. The molecule has 11 heteroatoms. The van der Waals surface area contributed by atoms with Crippen molar-refractivity contribution < 1.29 is 23.0 Å². The Morgan fingerprint density at radius 1 is 1.09 bits per heavy atom. The normalized spacial score (nSPS) is 17.8. The summed E-state index contributed by atoms with van der Waals surface area (Å²) in [4.78, 5) is 32.0. The zero-order valence-corrected chi connectivity index (χ0v) is 24.6. The lowest BCUT2D eigenvalue weighted by molar-refractivity contribution is -0.131. The van der Waals surface area contributed by atoms with Gasteiger partial charge in [0.25, 0.3) is 0 Å². The predicted octanol–water partition coefficient (Wildman–Crippen LogP) is 5.10. The lowest BCUT2D eigenvalue weighted by atomic mass is 9.95. The van der Waals surface area contributed by atoms with Crippen LogP contribution in [0.1, 0.15) is 40.9 Å². The number of amides is 1.